The molecule has 1 heterocycles. The monoisotopic (exact) mass is 274 g/mol. The summed E-state index contributed by atoms with van der Waals surface area (Å²) in [6.45, 7) is 7.10. The Balaban J connectivity index is 2.88. The van der Waals surface area contributed by atoms with E-state index in [1.54, 1.807) is 21.6 Å². The van der Waals surface area contributed by atoms with Crippen LogP contribution in [0.15, 0.2) is 0 Å². The van der Waals surface area contributed by atoms with Gasteiger partial charge in [-0.2, -0.15) is 0 Å². The van der Waals surface area contributed by atoms with Crippen LogP contribution in [0.2, 0.25) is 0 Å². The molecule has 0 aliphatic carbocycles. The summed E-state index contributed by atoms with van der Waals surface area (Å²) < 4.78 is 0. The number of carboxylic acid groups (broad SMARTS) is 1. The molecule has 0 radical (unpaired) electrons. The van der Waals surface area contributed by atoms with Gasteiger partial charge in [-0.15, -0.1) is 11.8 Å². The third-order valence-electron chi connectivity index (χ3n) is 3.17. The minimum Gasteiger partial charge on any atom is -0.480 e. The highest BCUT2D eigenvalue weighted by Crippen LogP contribution is 2.33. The maximum Gasteiger partial charge on any atom is 0.327 e. The molecule has 1 N–H and O–H groups in total. The van der Waals surface area contributed by atoms with Crippen LogP contribution >= 0.6 is 11.8 Å². The summed E-state index contributed by atoms with van der Waals surface area (Å²) in [5.41, 5.74) is 0. The minimum absolute atomic E-state index is 0.00389. The largest absolute Gasteiger partial charge is 0.480 e. The van der Waals surface area contributed by atoms with Gasteiger partial charge >= 0.3 is 12.0 Å². The summed E-state index contributed by atoms with van der Waals surface area (Å²) in [7, 11) is 0. The standard InChI is InChI=1S/C12H22N2O3S/c1-4-7-10-14(9(8-18-10)11(15)16)12(17)13(5-2)6-3/h9-10H,4-8H2,1-3H3,(H,15,16). The van der Waals surface area contributed by atoms with Crippen LogP contribution in [0.4, 0.5) is 4.79 Å². The second-order valence-electron chi connectivity index (χ2n) is 4.29. The van der Waals surface area contributed by atoms with Crippen molar-refractivity contribution in [3.05, 3.63) is 0 Å². The zero-order chi connectivity index (χ0) is 13.7. The van der Waals surface area contributed by atoms with Crippen LogP contribution in [-0.2, 0) is 4.79 Å². The summed E-state index contributed by atoms with van der Waals surface area (Å²) in [5, 5.41) is 9.22. The number of carbonyl (C=O) groups is 2. The summed E-state index contributed by atoms with van der Waals surface area (Å²) in [4.78, 5) is 26.9. The lowest BCUT2D eigenvalue weighted by Crippen LogP contribution is -2.51. The van der Waals surface area contributed by atoms with Gasteiger partial charge in [0.15, 0.2) is 0 Å². The van der Waals surface area contributed by atoms with Gasteiger partial charge in [0, 0.05) is 18.8 Å². The zero-order valence-electron chi connectivity index (χ0n) is 11.3. The molecule has 1 saturated heterocycles. The van der Waals surface area contributed by atoms with Crippen LogP contribution in [0.5, 0.6) is 0 Å². The van der Waals surface area contributed by atoms with E-state index < -0.39 is 12.0 Å². The van der Waals surface area contributed by atoms with Gasteiger partial charge in [0.2, 0.25) is 0 Å². The lowest BCUT2D eigenvalue weighted by Gasteiger charge is -2.32. The molecule has 2 unspecified atom stereocenters. The molecule has 2 amide bonds. The molecule has 0 saturated carbocycles. The molecule has 1 aliphatic rings. The fourth-order valence-electron chi connectivity index (χ4n) is 2.14. The molecule has 1 aliphatic heterocycles. The number of carboxylic acids is 1. The Morgan fingerprint density at radius 1 is 1.33 bits per heavy atom. The number of hydrogen-bond donors (Lipinski definition) is 1. The zero-order valence-corrected chi connectivity index (χ0v) is 12.1. The average Bonchev–Trinajstić information content (AvgIpc) is 2.74. The number of carbonyl (C=O) groups excluding carboxylic acids is 1. The highest BCUT2D eigenvalue weighted by atomic mass is 32.2. The third-order valence-corrected chi connectivity index (χ3v) is 4.52. The molecule has 1 rings (SSSR count). The molecule has 104 valence electrons. The van der Waals surface area contributed by atoms with Crippen molar-refractivity contribution < 1.29 is 14.7 Å². The number of aliphatic carboxylic acids is 1. The van der Waals surface area contributed by atoms with Crippen molar-refractivity contribution in [1.29, 1.82) is 0 Å². The molecule has 2 atom stereocenters. The van der Waals surface area contributed by atoms with E-state index in [1.807, 2.05) is 13.8 Å². The predicted octanol–water partition coefficient (Wildman–Crippen LogP) is 2.08. The van der Waals surface area contributed by atoms with Gasteiger partial charge in [0.05, 0.1) is 5.37 Å². The summed E-state index contributed by atoms with van der Waals surface area (Å²) in [5.74, 6) is -0.408. The van der Waals surface area contributed by atoms with Crippen molar-refractivity contribution in [3.63, 3.8) is 0 Å². The van der Waals surface area contributed by atoms with E-state index in [0.717, 1.165) is 12.8 Å². The molecule has 5 nitrogen and oxygen atoms in total. The first-order valence-corrected chi connectivity index (χ1v) is 7.53. The summed E-state index contributed by atoms with van der Waals surface area (Å²) in [6.07, 6.45) is 1.80. The van der Waals surface area contributed by atoms with E-state index >= 15 is 0 Å². The average molecular weight is 274 g/mol. The van der Waals surface area contributed by atoms with E-state index in [-0.39, 0.29) is 11.4 Å². The molecule has 6 heteroatoms. The van der Waals surface area contributed by atoms with Crippen LogP contribution < -0.4 is 0 Å². The number of nitrogens with zero attached hydrogens (tertiary/aromatic N) is 2. The molecule has 0 bridgehead atoms. The lowest BCUT2D eigenvalue weighted by atomic mass is 10.2. The first-order valence-electron chi connectivity index (χ1n) is 6.48. The number of hydrogen-bond acceptors (Lipinski definition) is 3. The summed E-state index contributed by atoms with van der Waals surface area (Å²) >= 11 is 1.58. The Morgan fingerprint density at radius 3 is 2.39 bits per heavy atom. The molecule has 0 aromatic rings. The maximum atomic E-state index is 12.4. The highest BCUT2D eigenvalue weighted by Gasteiger charge is 2.42. The second kappa shape index (κ2) is 6.87. The SMILES string of the molecule is CCCC1SCC(C(=O)O)N1C(=O)N(CC)CC. The maximum absolute atomic E-state index is 12.4. The first kappa shape index (κ1) is 15.1. The van der Waals surface area contributed by atoms with Crippen molar-refractivity contribution in [1.82, 2.24) is 9.80 Å². The Labute approximate surface area is 113 Å². The predicted molar refractivity (Wildman–Crippen MR) is 72.7 cm³/mol. The Bertz CT molecular complexity index is 308. The third kappa shape index (κ3) is 3.10. The van der Waals surface area contributed by atoms with Crippen molar-refractivity contribution >= 4 is 23.8 Å². The number of urea groups is 1. The van der Waals surface area contributed by atoms with Gasteiger partial charge < -0.3 is 10.0 Å². The van der Waals surface area contributed by atoms with Gasteiger partial charge in [0.25, 0.3) is 0 Å². The Morgan fingerprint density at radius 2 is 1.94 bits per heavy atom. The number of thioether (sulfide) groups is 1. The fraction of sp³-hybridized carbons (Fsp3) is 0.833. The lowest BCUT2D eigenvalue weighted by molar-refractivity contribution is -0.141. The molecule has 0 spiro atoms. The number of rotatable bonds is 5. The van der Waals surface area contributed by atoms with Crippen molar-refractivity contribution in [2.75, 3.05) is 18.8 Å². The Hall–Kier alpha value is -0.910. The van der Waals surface area contributed by atoms with E-state index in [9.17, 15) is 14.7 Å². The van der Waals surface area contributed by atoms with Crippen molar-refractivity contribution in [2.45, 2.75) is 45.0 Å². The van der Waals surface area contributed by atoms with Gasteiger partial charge in [-0.1, -0.05) is 13.3 Å². The molecular weight excluding hydrogens is 252 g/mol. The van der Waals surface area contributed by atoms with E-state index in [1.165, 1.54) is 0 Å². The van der Waals surface area contributed by atoms with E-state index in [0.29, 0.717) is 18.8 Å². The minimum atomic E-state index is -0.901. The van der Waals surface area contributed by atoms with Crippen LogP contribution in [0.25, 0.3) is 0 Å². The van der Waals surface area contributed by atoms with Gasteiger partial charge in [-0.25, -0.2) is 9.59 Å². The van der Waals surface area contributed by atoms with Crippen LogP contribution in [0.3, 0.4) is 0 Å². The van der Waals surface area contributed by atoms with E-state index in [2.05, 4.69) is 6.92 Å². The normalized spacial score (nSPS) is 23.2. The summed E-state index contributed by atoms with van der Waals surface area (Å²) in [6, 6.07) is -0.824. The van der Waals surface area contributed by atoms with Crippen molar-refractivity contribution in [3.8, 4) is 0 Å². The second-order valence-corrected chi connectivity index (χ2v) is 5.50. The Kier molecular flexibility index (Phi) is 5.78. The highest BCUT2D eigenvalue weighted by molar-refractivity contribution is 8.00. The van der Waals surface area contributed by atoms with Crippen molar-refractivity contribution in [2.24, 2.45) is 0 Å². The molecular formula is C12H22N2O3S. The quantitative estimate of drug-likeness (QED) is 0.834. The van der Waals surface area contributed by atoms with Gasteiger partial charge in [-0.3, -0.25) is 4.90 Å². The van der Waals surface area contributed by atoms with Gasteiger partial charge in [0.1, 0.15) is 6.04 Å². The topological polar surface area (TPSA) is 60.9 Å². The van der Waals surface area contributed by atoms with Gasteiger partial charge in [-0.05, 0) is 20.3 Å². The molecule has 18 heavy (non-hydrogen) atoms. The molecule has 0 aromatic heterocycles. The smallest absolute Gasteiger partial charge is 0.327 e. The fourth-order valence-corrected chi connectivity index (χ4v) is 3.64. The molecule has 1 fully saturated rings. The van der Waals surface area contributed by atoms with Crippen LogP contribution in [0.1, 0.15) is 33.6 Å². The first-order chi connectivity index (χ1) is 8.56. The van der Waals surface area contributed by atoms with Crippen LogP contribution in [0, 0.1) is 0 Å². The van der Waals surface area contributed by atoms with Crippen LogP contribution in [-0.4, -0.2) is 57.2 Å². The molecule has 0 aromatic carbocycles. The number of amides is 2. The van der Waals surface area contributed by atoms with E-state index in [4.69, 9.17) is 0 Å².